The van der Waals surface area contributed by atoms with E-state index in [1.807, 2.05) is 30.3 Å². The zero-order valence-electron chi connectivity index (χ0n) is 13.9. The van der Waals surface area contributed by atoms with Crippen LogP contribution in [0.3, 0.4) is 0 Å². The van der Waals surface area contributed by atoms with Crippen molar-refractivity contribution in [3.63, 3.8) is 0 Å². The Kier molecular flexibility index (Phi) is 5.46. The van der Waals surface area contributed by atoms with Crippen molar-refractivity contribution in [1.29, 1.82) is 0 Å². The molecule has 3 aromatic rings. The van der Waals surface area contributed by atoms with Crippen LogP contribution in [-0.2, 0) is 17.8 Å². The molecule has 0 aliphatic heterocycles. The second kappa shape index (κ2) is 7.94. The Morgan fingerprint density at radius 2 is 1.96 bits per heavy atom. The van der Waals surface area contributed by atoms with Gasteiger partial charge in [-0.2, -0.15) is 0 Å². The van der Waals surface area contributed by atoms with Crippen LogP contribution in [0.2, 0.25) is 5.02 Å². The molecule has 128 valence electrons. The quantitative estimate of drug-likeness (QED) is 0.671. The molecule has 0 aliphatic rings. The van der Waals surface area contributed by atoms with Crippen molar-refractivity contribution in [3.8, 4) is 11.3 Å². The summed E-state index contributed by atoms with van der Waals surface area (Å²) in [6.45, 7) is 0.487. The van der Waals surface area contributed by atoms with E-state index >= 15 is 0 Å². The molecule has 0 fully saturated rings. The Morgan fingerprint density at radius 3 is 2.68 bits per heavy atom. The molecule has 6 heteroatoms. The highest BCUT2D eigenvalue weighted by Crippen LogP contribution is 2.22. The van der Waals surface area contributed by atoms with Gasteiger partial charge in [-0.15, -0.1) is 0 Å². The minimum Gasteiger partial charge on any atom is -0.441 e. The molecule has 0 aliphatic carbocycles. The summed E-state index contributed by atoms with van der Waals surface area (Å²) < 4.78 is 5.72. The molecule has 5 nitrogen and oxygen atoms in total. The zero-order chi connectivity index (χ0) is 17.6. The van der Waals surface area contributed by atoms with Gasteiger partial charge in [0.15, 0.2) is 11.7 Å². The Morgan fingerprint density at radius 1 is 1.16 bits per heavy atom. The molecule has 0 bridgehead atoms. The van der Waals surface area contributed by atoms with Gasteiger partial charge in [0.25, 0.3) is 0 Å². The van der Waals surface area contributed by atoms with Crippen LogP contribution < -0.4 is 0 Å². The normalized spacial score (nSPS) is 10.6. The third kappa shape index (κ3) is 4.67. The van der Waals surface area contributed by atoms with Crippen LogP contribution in [0.15, 0.2) is 59.3 Å². The van der Waals surface area contributed by atoms with Gasteiger partial charge >= 0.3 is 0 Å². The number of aryl methyl sites for hydroxylation is 1. The van der Waals surface area contributed by atoms with Gasteiger partial charge in [-0.3, -0.25) is 9.78 Å². The number of pyridine rings is 1. The molecule has 0 saturated carbocycles. The lowest BCUT2D eigenvalue weighted by Crippen LogP contribution is -2.26. The van der Waals surface area contributed by atoms with Crippen LogP contribution in [-0.4, -0.2) is 27.8 Å². The van der Waals surface area contributed by atoms with Crippen molar-refractivity contribution < 1.29 is 9.21 Å². The van der Waals surface area contributed by atoms with Gasteiger partial charge in [0.2, 0.25) is 5.91 Å². The van der Waals surface area contributed by atoms with Gasteiger partial charge in [0.05, 0.1) is 18.4 Å². The number of halogens is 1. The zero-order valence-corrected chi connectivity index (χ0v) is 14.6. The third-order valence-corrected chi connectivity index (χ3v) is 4.04. The largest absolute Gasteiger partial charge is 0.441 e. The molecule has 0 spiro atoms. The number of hydrogen-bond acceptors (Lipinski definition) is 4. The average Bonchev–Trinajstić information content (AvgIpc) is 3.10. The summed E-state index contributed by atoms with van der Waals surface area (Å²) in [7, 11) is 1.77. The van der Waals surface area contributed by atoms with Crippen molar-refractivity contribution in [3.05, 3.63) is 71.5 Å². The number of hydrogen-bond donors (Lipinski definition) is 0. The molecule has 0 unspecified atom stereocenters. The van der Waals surface area contributed by atoms with Crippen molar-refractivity contribution in [2.75, 3.05) is 7.05 Å². The first-order valence-corrected chi connectivity index (χ1v) is 8.34. The van der Waals surface area contributed by atoms with E-state index in [-0.39, 0.29) is 5.91 Å². The standard InChI is InChI=1S/C19H18ClN3O2/c1-23(13-16-4-2-3-11-21-16)19(24)10-9-18-22-12-17(25-18)14-5-7-15(20)8-6-14/h2-8,11-12H,9-10,13H2,1H3. The fourth-order valence-electron chi connectivity index (χ4n) is 2.40. The van der Waals surface area contributed by atoms with Crippen LogP contribution >= 0.6 is 11.6 Å². The summed E-state index contributed by atoms with van der Waals surface area (Å²) in [6, 6.07) is 13.0. The molecule has 2 heterocycles. The molecular weight excluding hydrogens is 338 g/mol. The van der Waals surface area contributed by atoms with Crippen molar-refractivity contribution in [2.24, 2.45) is 0 Å². The van der Waals surface area contributed by atoms with Crippen LogP contribution in [0.4, 0.5) is 0 Å². The van der Waals surface area contributed by atoms with Crippen LogP contribution in [0.25, 0.3) is 11.3 Å². The number of oxazole rings is 1. The number of rotatable bonds is 6. The van der Waals surface area contributed by atoms with E-state index < -0.39 is 0 Å². The van der Waals surface area contributed by atoms with Gasteiger partial charge in [-0.1, -0.05) is 17.7 Å². The second-order valence-corrected chi connectivity index (χ2v) is 6.13. The number of carbonyl (C=O) groups excluding carboxylic acids is 1. The van der Waals surface area contributed by atoms with E-state index in [4.69, 9.17) is 16.0 Å². The lowest BCUT2D eigenvalue weighted by molar-refractivity contribution is -0.130. The summed E-state index contributed by atoms with van der Waals surface area (Å²) in [5.74, 6) is 1.24. The average molecular weight is 356 g/mol. The molecule has 0 radical (unpaired) electrons. The summed E-state index contributed by atoms with van der Waals surface area (Å²) >= 11 is 5.88. The summed E-state index contributed by atoms with van der Waals surface area (Å²) in [5.41, 5.74) is 1.77. The Hall–Kier alpha value is -2.66. The topological polar surface area (TPSA) is 59.2 Å². The van der Waals surface area contributed by atoms with E-state index in [2.05, 4.69) is 9.97 Å². The van der Waals surface area contributed by atoms with Crippen LogP contribution in [0, 0.1) is 0 Å². The second-order valence-electron chi connectivity index (χ2n) is 5.70. The lowest BCUT2D eigenvalue weighted by Gasteiger charge is -2.16. The maximum absolute atomic E-state index is 12.2. The molecule has 3 rings (SSSR count). The van der Waals surface area contributed by atoms with E-state index in [0.29, 0.717) is 36.1 Å². The van der Waals surface area contributed by atoms with E-state index in [0.717, 1.165) is 11.3 Å². The fourth-order valence-corrected chi connectivity index (χ4v) is 2.53. The highest BCUT2D eigenvalue weighted by atomic mass is 35.5. The Balaban J connectivity index is 1.54. The van der Waals surface area contributed by atoms with E-state index in [1.54, 1.807) is 36.5 Å². The number of carbonyl (C=O) groups is 1. The first kappa shape index (κ1) is 17.2. The highest BCUT2D eigenvalue weighted by molar-refractivity contribution is 6.30. The van der Waals surface area contributed by atoms with Crippen molar-refractivity contribution in [1.82, 2.24) is 14.9 Å². The summed E-state index contributed by atoms with van der Waals surface area (Å²) in [6.07, 6.45) is 4.18. The Bertz CT molecular complexity index is 831. The van der Waals surface area contributed by atoms with Crippen LogP contribution in [0.5, 0.6) is 0 Å². The van der Waals surface area contributed by atoms with E-state index in [9.17, 15) is 4.79 Å². The van der Waals surface area contributed by atoms with Gasteiger partial charge in [-0.25, -0.2) is 4.98 Å². The summed E-state index contributed by atoms with van der Waals surface area (Å²) in [5, 5.41) is 0.671. The molecule has 0 atom stereocenters. The SMILES string of the molecule is CN(Cc1ccccn1)C(=O)CCc1ncc(-c2ccc(Cl)cc2)o1. The molecule has 2 aromatic heterocycles. The summed E-state index contributed by atoms with van der Waals surface area (Å²) in [4.78, 5) is 22.4. The first-order chi connectivity index (χ1) is 12.1. The molecule has 25 heavy (non-hydrogen) atoms. The van der Waals surface area contributed by atoms with Crippen molar-refractivity contribution >= 4 is 17.5 Å². The van der Waals surface area contributed by atoms with E-state index in [1.165, 1.54) is 0 Å². The molecule has 0 saturated heterocycles. The van der Waals surface area contributed by atoms with Gasteiger partial charge < -0.3 is 9.32 Å². The van der Waals surface area contributed by atoms with Gasteiger partial charge in [-0.05, 0) is 36.4 Å². The maximum atomic E-state index is 12.2. The predicted molar refractivity (Wildman–Crippen MR) is 96.0 cm³/mol. The molecular formula is C19H18ClN3O2. The third-order valence-electron chi connectivity index (χ3n) is 3.79. The number of nitrogens with zero attached hydrogens (tertiary/aromatic N) is 3. The van der Waals surface area contributed by atoms with Gasteiger partial charge in [0.1, 0.15) is 0 Å². The molecule has 0 N–H and O–H groups in total. The Labute approximate surface area is 151 Å². The predicted octanol–water partition coefficient (Wildman–Crippen LogP) is 3.98. The number of aromatic nitrogens is 2. The smallest absolute Gasteiger partial charge is 0.223 e. The fraction of sp³-hybridized carbons (Fsp3) is 0.211. The number of benzene rings is 1. The van der Waals surface area contributed by atoms with Crippen LogP contribution in [0.1, 0.15) is 18.0 Å². The molecule has 1 aromatic carbocycles. The minimum atomic E-state index is 0.0249. The molecule has 1 amide bonds. The number of amides is 1. The first-order valence-electron chi connectivity index (χ1n) is 7.96. The van der Waals surface area contributed by atoms with Crippen molar-refractivity contribution in [2.45, 2.75) is 19.4 Å². The lowest BCUT2D eigenvalue weighted by atomic mass is 10.2. The highest BCUT2D eigenvalue weighted by Gasteiger charge is 2.13. The monoisotopic (exact) mass is 355 g/mol. The maximum Gasteiger partial charge on any atom is 0.223 e. The van der Waals surface area contributed by atoms with Gasteiger partial charge in [0, 0.05) is 36.7 Å². The minimum absolute atomic E-state index is 0.0249.